The van der Waals surface area contributed by atoms with Crippen LogP contribution in [0.2, 0.25) is 0 Å². The minimum absolute atomic E-state index is 0.0692. The standard InChI is InChI=1S/C17H15N3O2/c1-2-6-13(7-3-1)15-11-20(19-18-15)10-14-12-21-16-8-4-5-9-17(16)22-14/h1-9,11,14H,10,12H2. The first-order valence-electron chi connectivity index (χ1n) is 7.22. The number of rotatable bonds is 3. The molecule has 0 saturated carbocycles. The van der Waals surface area contributed by atoms with Crippen molar-refractivity contribution in [3.05, 3.63) is 60.8 Å². The van der Waals surface area contributed by atoms with Crippen LogP contribution in [0.1, 0.15) is 0 Å². The van der Waals surface area contributed by atoms with Crippen LogP contribution in [0.25, 0.3) is 11.3 Å². The Balaban J connectivity index is 1.48. The molecule has 1 aromatic heterocycles. The molecule has 1 aliphatic heterocycles. The summed E-state index contributed by atoms with van der Waals surface area (Å²) in [6.45, 7) is 1.12. The molecule has 22 heavy (non-hydrogen) atoms. The fourth-order valence-corrected chi connectivity index (χ4v) is 2.49. The zero-order valence-corrected chi connectivity index (χ0v) is 11.9. The third-order valence-corrected chi connectivity index (χ3v) is 3.57. The van der Waals surface area contributed by atoms with Crippen molar-refractivity contribution in [2.45, 2.75) is 12.6 Å². The van der Waals surface area contributed by atoms with Gasteiger partial charge in [-0.25, -0.2) is 4.68 Å². The second-order valence-corrected chi connectivity index (χ2v) is 5.19. The van der Waals surface area contributed by atoms with Crippen molar-refractivity contribution >= 4 is 0 Å². The maximum absolute atomic E-state index is 5.94. The molecule has 110 valence electrons. The molecule has 0 N–H and O–H groups in total. The molecule has 4 rings (SSSR count). The predicted molar refractivity (Wildman–Crippen MR) is 81.8 cm³/mol. The van der Waals surface area contributed by atoms with Gasteiger partial charge in [-0.2, -0.15) is 0 Å². The molecule has 5 heteroatoms. The molecule has 0 bridgehead atoms. The summed E-state index contributed by atoms with van der Waals surface area (Å²) in [5, 5.41) is 8.39. The molecule has 1 unspecified atom stereocenters. The summed E-state index contributed by atoms with van der Waals surface area (Å²) >= 11 is 0. The molecule has 0 spiro atoms. The van der Waals surface area contributed by atoms with Crippen LogP contribution >= 0.6 is 0 Å². The summed E-state index contributed by atoms with van der Waals surface area (Å²) in [4.78, 5) is 0. The van der Waals surface area contributed by atoms with Crippen LogP contribution in [0.5, 0.6) is 11.5 Å². The second-order valence-electron chi connectivity index (χ2n) is 5.19. The molecule has 1 aliphatic rings. The van der Waals surface area contributed by atoms with Crippen LogP contribution in [0.4, 0.5) is 0 Å². The number of para-hydroxylation sites is 2. The molecule has 2 aromatic carbocycles. The normalized spacial score (nSPS) is 16.5. The van der Waals surface area contributed by atoms with E-state index in [-0.39, 0.29) is 6.10 Å². The Morgan fingerprint density at radius 2 is 1.77 bits per heavy atom. The van der Waals surface area contributed by atoms with Gasteiger partial charge in [0.05, 0.1) is 12.7 Å². The zero-order valence-electron chi connectivity index (χ0n) is 11.9. The first kappa shape index (κ1) is 12.9. The molecule has 0 fully saturated rings. The molecule has 5 nitrogen and oxygen atoms in total. The third-order valence-electron chi connectivity index (χ3n) is 3.57. The van der Waals surface area contributed by atoms with Gasteiger partial charge >= 0.3 is 0 Å². The predicted octanol–water partition coefficient (Wildman–Crippen LogP) is 2.79. The van der Waals surface area contributed by atoms with Gasteiger partial charge in [0, 0.05) is 5.56 Å². The fourth-order valence-electron chi connectivity index (χ4n) is 2.49. The number of aromatic nitrogens is 3. The summed E-state index contributed by atoms with van der Waals surface area (Å²) in [5.41, 5.74) is 1.91. The van der Waals surface area contributed by atoms with Gasteiger partial charge in [0.1, 0.15) is 12.3 Å². The van der Waals surface area contributed by atoms with E-state index >= 15 is 0 Å². The van der Waals surface area contributed by atoms with Crippen LogP contribution in [-0.2, 0) is 6.54 Å². The summed E-state index contributed by atoms with van der Waals surface area (Å²) < 4.78 is 13.4. The molecular formula is C17H15N3O2. The molecule has 0 saturated heterocycles. The minimum atomic E-state index is -0.0692. The molecule has 1 atom stereocenters. The van der Waals surface area contributed by atoms with Gasteiger partial charge in [0.15, 0.2) is 17.6 Å². The van der Waals surface area contributed by atoms with Gasteiger partial charge in [-0.1, -0.05) is 47.7 Å². The number of hydrogen-bond acceptors (Lipinski definition) is 4. The van der Waals surface area contributed by atoms with Gasteiger partial charge in [0.25, 0.3) is 0 Å². The quantitative estimate of drug-likeness (QED) is 0.745. The fraction of sp³-hybridized carbons (Fsp3) is 0.176. The first-order valence-corrected chi connectivity index (χ1v) is 7.22. The molecule has 2 heterocycles. The van der Waals surface area contributed by atoms with Crippen molar-refractivity contribution in [1.82, 2.24) is 15.0 Å². The Labute approximate surface area is 128 Å². The molecule has 0 radical (unpaired) electrons. The molecule has 0 amide bonds. The van der Waals surface area contributed by atoms with Crippen molar-refractivity contribution in [2.75, 3.05) is 6.61 Å². The lowest BCUT2D eigenvalue weighted by Gasteiger charge is -2.26. The summed E-state index contributed by atoms with van der Waals surface area (Å²) in [7, 11) is 0. The first-order chi connectivity index (χ1) is 10.9. The van der Waals surface area contributed by atoms with Gasteiger partial charge in [-0.3, -0.25) is 0 Å². The van der Waals surface area contributed by atoms with E-state index in [1.165, 1.54) is 0 Å². The Kier molecular flexibility index (Phi) is 3.23. The number of ether oxygens (including phenoxy) is 2. The number of nitrogens with zero attached hydrogens (tertiary/aromatic N) is 3. The van der Waals surface area contributed by atoms with Crippen molar-refractivity contribution in [2.24, 2.45) is 0 Å². The van der Waals surface area contributed by atoms with Crippen molar-refractivity contribution in [1.29, 1.82) is 0 Å². The third kappa shape index (κ3) is 2.53. The van der Waals surface area contributed by atoms with Crippen molar-refractivity contribution in [3.8, 4) is 22.8 Å². The van der Waals surface area contributed by atoms with E-state index in [4.69, 9.17) is 9.47 Å². The maximum atomic E-state index is 5.94. The van der Waals surface area contributed by atoms with Crippen LogP contribution < -0.4 is 9.47 Å². The zero-order chi connectivity index (χ0) is 14.8. The highest BCUT2D eigenvalue weighted by Gasteiger charge is 2.21. The average molecular weight is 293 g/mol. The summed E-state index contributed by atoms with van der Waals surface area (Å²) in [6.07, 6.45) is 1.86. The van der Waals surface area contributed by atoms with E-state index in [2.05, 4.69) is 10.3 Å². The van der Waals surface area contributed by atoms with E-state index in [9.17, 15) is 0 Å². The highest BCUT2D eigenvalue weighted by atomic mass is 16.6. The number of fused-ring (bicyclic) bond motifs is 1. The summed E-state index contributed by atoms with van der Waals surface area (Å²) in [6, 6.07) is 17.7. The van der Waals surface area contributed by atoms with Crippen LogP contribution in [0.15, 0.2) is 60.8 Å². The lowest BCUT2D eigenvalue weighted by molar-refractivity contribution is 0.0755. The van der Waals surface area contributed by atoms with Crippen LogP contribution in [-0.4, -0.2) is 27.7 Å². The van der Waals surface area contributed by atoms with Crippen molar-refractivity contribution in [3.63, 3.8) is 0 Å². The Morgan fingerprint density at radius 3 is 2.64 bits per heavy atom. The molecule has 0 aliphatic carbocycles. The topological polar surface area (TPSA) is 49.2 Å². The highest BCUT2D eigenvalue weighted by molar-refractivity contribution is 5.57. The largest absolute Gasteiger partial charge is 0.486 e. The van der Waals surface area contributed by atoms with Crippen molar-refractivity contribution < 1.29 is 9.47 Å². The lowest BCUT2D eigenvalue weighted by Crippen LogP contribution is -2.33. The van der Waals surface area contributed by atoms with Gasteiger partial charge in [-0.05, 0) is 12.1 Å². The minimum Gasteiger partial charge on any atom is -0.486 e. The Morgan fingerprint density at radius 1 is 1.00 bits per heavy atom. The van der Waals surface area contributed by atoms with Gasteiger partial charge in [-0.15, -0.1) is 5.10 Å². The summed E-state index contributed by atoms with van der Waals surface area (Å²) in [5.74, 6) is 1.57. The van der Waals surface area contributed by atoms with Gasteiger partial charge < -0.3 is 9.47 Å². The molecule has 3 aromatic rings. The monoisotopic (exact) mass is 293 g/mol. The van der Waals surface area contributed by atoms with E-state index in [0.717, 1.165) is 22.8 Å². The van der Waals surface area contributed by atoms with E-state index < -0.39 is 0 Å². The van der Waals surface area contributed by atoms with E-state index in [1.54, 1.807) is 4.68 Å². The maximum Gasteiger partial charge on any atom is 0.161 e. The smallest absolute Gasteiger partial charge is 0.161 e. The second kappa shape index (κ2) is 5.52. The number of hydrogen-bond donors (Lipinski definition) is 0. The lowest BCUT2D eigenvalue weighted by atomic mass is 10.2. The van der Waals surface area contributed by atoms with Crippen LogP contribution in [0.3, 0.4) is 0 Å². The van der Waals surface area contributed by atoms with Crippen LogP contribution in [0, 0.1) is 0 Å². The van der Waals surface area contributed by atoms with E-state index in [0.29, 0.717) is 13.2 Å². The average Bonchev–Trinajstić information content (AvgIpc) is 3.04. The SMILES string of the molecule is c1ccc(-c2cn(CC3COc4ccccc4O3)nn2)cc1. The Hall–Kier alpha value is -2.82. The number of benzene rings is 2. The van der Waals surface area contributed by atoms with Gasteiger partial charge in [0.2, 0.25) is 0 Å². The Bertz CT molecular complexity index is 770. The van der Waals surface area contributed by atoms with E-state index in [1.807, 2.05) is 60.8 Å². The molecular weight excluding hydrogens is 278 g/mol. The highest BCUT2D eigenvalue weighted by Crippen LogP contribution is 2.31.